The average Bonchev–Trinajstić information content (AvgIpc) is 3.39. The highest BCUT2D eigenvalue weighted by Crippen LogP contribution is 2.31. The summed E-state index contributed by atoms with van der Waals surface area (Å²) >= 11 is 1.35. The predicted octanol–water partition coefficient (Wildman–Crippen LogP) is 6.12. The molecule has 31 heavy (non-hydrogen) atoms. The molecule has 10 heteroatoms. The highest BCUT2D eigenvalue weighted by Gasteiger charge is 2.30. The van der Waals surface area contributed by atoms with E-state index in [1.54, 1.807) is 5.38 Å². The summed E-state index contributed by atoms with van der Waals surface area (Å²) in [6.45, 7) is 2.00. The van der Waals surface area contributed by atoms with Gasteiger partial charge in [0.2, 0.25) is 0 Å². The Kier molecular flexibility index (Phi) is 5.47. The minimum Gasteiger partial charge on any atom is -0.354 e. The van der Waals surface area contributed by atoms with Gasteiger partial charge in [-0.25, -0.2) is 4.98 Å². The number of thiazole rings is 1. The molecule has 0 bridgehead atoms. The van der Waals surface area contributed by atoms with Gasteiger partial charge in [-0.15, -0.1) is 11.3 Å². The Labute approximate surface area is 178 Å². The van der Waals surface area contributed by atoms with E-state index < -0.39 is 17.6 Å². The largest absolute Gasteiger partial charge is 0.416 e. The number of carbonyl (C=O) groups excluding carboxylic acids is 1. The van der Waals surface area contributed by atoms with Crippen LogP contribution in [0.1, 0.15) is 21.6 Å². The first kappa shape index (κ1) is 20.6. The number of anilines is 3. The summed E-state index contributed by atoms with van der Waals surface area (Å²) in [6.07, 6.45) is -4.50. The lowest BCUT2D eigenvalue weighted by atomic mass is 10.2. The van der Waals surface area contributed by atoms with Crippen molar-refractivity contribution in [3.05, 3.63) is 76.8 Å². The summed E-state index contributed by atoms with van der Waals surface area (Å²) in [7, 11) is 0. The molecule has 0 aliphatic carbocycles. The number of carbonyl (C=O) groups is 1. The van der Waals surface area contributed by atoms with Crippen molar-refractivity contribution in [2.45, 2.75) is 13.1 Å². The molecule has 4 aromatic rings. The van der Waals surface area contributed by atoms with Gasteiger partial charge in [0.15, 0.2) is 16.6 Å². The number of hydrogen-bond acceptors (Lipinski definition) is 6. The molecule has 0 radical (unpaired) electrons. The van der Waals surface area contributed by atoms with E-state index in [1.807, 2.05) is 31.2 Å². The molecule has 0 spiro atoms. The Morgan fingerprint density at radius 2 is 1.84 bits per heavy atom. The average molecular weight is 444 g/mol. The molecule has 0 atom stereocenters. The fourth-order valence-electron chi connectivity index (χ4n) is 2.68. The zero-order valence-corrected chi connectivity index (χ0v) is 16.8. The van der Waals surface area contributed by atoms with Crippen molar-refractivity contribution in [1.29, 1.82) is 0 Å². The summed E-state index contributed by atoms with van der Waals surface area (Å²) < 4.78 is 43.7. The van der Waals surface area contributed by atoms with Gasteiger partial charge >= 0.3 is 6.18 Å². The van der Waals surface area contributed by atoms with Crippen molar-refractivity contribution in [3.63, 3.8) is 0 Å². The highest BCUT2D eigenvalue weighted by atomic mass is 32.1. The van der Waals surface area contributed by atoms with Crippen molar-refractivity contribution in [3.8, 4) is 11.5 Å². The molecule has 4 rings (SSSR count). The number of hydrogen-bond donors (Lipinski definition) is 2. The predicted molar refractivity (Wildman–Crippen MR) is 111 cm³/mol. The van der Waals surface area contributed by atoms with Crippen molar-refractivity contribution in [2.75, 3.05) is 10.6 Å². The molecular formula is C21H15F3N4O2S. The maximum atomic E-state index is 12.8. The molecule has 0 saturated carbocycles. The van der Waals surface area contributed by atoms with Crippen molar-refractivity contribution < 1.29 is 22.5 Å². The Hall–Kier alpha value is -3.66. The Morgan fingerprint density at radius 1 is 1.06 bits per heavy atom. The van der Waals surface area contributed by atoms with E-state index in [2.05, 4.69) is 20.8 Å². The molecule has 6 nitrogen and oxygen atoms in total. The van der Waals surface area contributed by atoms with E-state index in [0.717, 1.165) is 23.4 Å². The quantitative estimate of drug-likeness (QED) is 0.388. The summed E-state index contributed by atoms with van der Waals surface area (Å²) in [4.78, 5) is 16.8. The fraction of sp³-hybridized carbons (Fsp3) is 0.0952. The van der Waals surface area contributed by atoms with Crippen LogP contribution in [0.25, 0.3) is 11.5 Å². The third-order valence-electron chi connectivity index (χ3n) is 4.25. The number of benzene rings is 2. The van der Waals surface area contributed by atoms with Gasteiger partial charge in [0, 0.05) is 22.8 Å². The van der Waals surface area contributed by atoms with Gasteiger partial charge in [-0.1, -0.05) is 28.9 Å². The minimum absolute atomic E-state index is 0.00242. The molecule has 0 aliphatic heterocycles. The third kappa shape index (κ3) is 4.92. The Balaban J connectivity index is 1.45. The number of halogens is 3. The van der Waals surface area contributed by atoms with Crippen LogP contribution in [0.4, 0.5) is 29.7 Å². The van der Waals surface area contributed by atoms with Gasteiger partial charge in [-0.2, -0.15) is 13.2 Å². The second kappa shape index (κ2) is 8.23. The fourth-order valence-corrected chi connectivity index (χ4v) is 3.40. The van der Waals surface area contributed by atoms with Gasteiger partial charge in [0.25, 0.3) is 5.91 Å². The van der Waals surface area contributed by atoms with E-state index in [1.165, 1.54) is 29.5 Å². The molecule has 2 aromatic carbocycles. The van der Waals surface area contributed by atoms with Crippen molar-refractivity contribution in [2.24, 2.45) is 0 Å². The van der Waals surface area contributed by atoms with Crippen molar-refractivity contribution >= 4 is 33.8 Å². The molecule has 2 aromatic heterocycles. The van der Waals surface area contributed by atoms with Crippen molar-refractivity contribution in [1.82, 2.24) is 10.1 Å². The molecule has 2 heterocycles. The van der Waals surface area contributed by atoms with Crippen LogP contribution in [0, 0.1) is 6.92 Å². The lowest BCUT2D eigenvalue weighted by Gasteiger charge is -2.08. The third-order valence-corrected chi connectivity index (χ3v) is 5.01. The number of aromatic nitrogens is 2. The molecule has 0 fully saturated rings. The number of aryl methyl sites for hydroxylation is 1. The topological polar surface area (TPSA) is 80.0 Å². The molecule has 0 unspecified atom stereocenters. The van der Waals surface area contributed by atoms with E-state index in [-0.39, 0.29) is 17.1 Å². The summed E-state index contributed by atoms with van der Waals surface area (Å²) in [5.41, 5.74) is 1.57. The van der Waals surface area contributed by atoms with Gasteiger partial charge in [0.1, 0.15) is 5.69 Å². The maximum Gasteiger partial charge on any atom is 0.416 e. The van der Waals surface area contributed by atoms with E-state index >= 15 is 0 Å². The van der Waals surface area contributed by atoms with E-state index in [0.29, 0.717) is 10.8 Å². The molecule has 158 valence electrons. The Bertz CT molecular complexity index is 1220. The zero-order valence-electron chi connectivity index (χ0n) is 16.0. The number of nitrogens with zero attached hydrogens (tertiary/aromatic N) is 2. The molecule has 0 aliphatic rings. The zero-order chi connectivity index (χ0) is 22.0. The Morgan fingerprint density at radius 3 is 2.58 bits per heavy atom. The van der Waals surface area contributed by atoms with Crippen LogP contribution in [0.5, 0.6) is 0 Å². The standard InChI is InChI=1S/C21H15F3N4O2S/c1-12-5-7-14(8-6-12)26-20-27-17(11-31-20)18-10-16(28-30-18)19(29)25-15-4-2-3-13(9-15)21(22,23)24/h2-11H,1H3,(H,25,29)(H,26,27). The molecule has 0 saturated heterocycles. The second-order valence-electron chi connectivity index (χ2n) is 6.64. The summed E-state index contributed by atoms with van der Waals surface area (Å²) in [6, 6.07) is 13.5. The molecule has 1 amide bonds. The SMILES string of the molecule is Cc1ccc(Nc2nc(-c3cc(C(=O)Nc4cccc(C(F)(F)F)c4)no3)cs2)cc1. The van der Waals surface area contributed by atoms with Crippen LogP contribution in [-0.2, 0) is 6.18 Å². The smallest absolute Gasteiger partial charge is 0.354 e. The number of nitrogens with one attached hydrogen (secondary N) is 2. The number of rotatable bonds is 5. The molecular weight excluding hydrogens is 429 g/mol. The monoisotopic (exact) mass is 444 g/mol. The van der Waals surface area contributed by atoms with E-state index in [4.69, 9.17) is 4.52 Å². The van der Waals surface area contributed by atoms with Crippen LogP contribution in [-0.4, -0.2) is 16.0 Å². The first-order chi connectivity index (χ1) is 14.8. The van der Waals surface area contributed by atoms with Gasteiger partial charge in [-0.3, -0.25) is 4.79 Å². The van der Waals surface area contributed by atoms with Crippen LogP contribution >= 0.6 is 11.3 Å². The van der Waals surface area contributed by atoms with Crippen LogP contribution in [0.3, 0.4) is 0 Å². The molecule has 2 N–H and O–H groups in total. The second-order valence-corrected chi connectivity index (χ2v) is 7.50. The highest BCUT2D eigenvalue weighted by molar-refractivity contribution is 7.14. The minimum atomic E-state index is -4.50. The van der Waals surface area contributed by atoms with Crippen LogP contribution < -0.4 is 10.6 Å². The first-order valence-electron chi connectivity index (χ1n) is 9.03. The summed E-state index contributed by atoms with van der Waals surface area (Å²) in [5, 5.41) is 11.6. The van der Waals surface area contributed by atoms with Gasteiger partial charge in [-0.05, 0) is 37.3 Å². The van der Waals surface area contributed by atoms with Gasteiger partial charge in [0.05, 0.1) is 5.56 Å². The van der Waals surface area contributed by atoms with Crippen LogP contribution in [0.2, 0.25) is 0 Å². The van der Waals surface area contributed by atoms with Gasteiger partial charge < -0.3 is 15.2 Å². The number of alkyl halides is 3. The maximum absolute atomic E-state index is 12.8. The number of amides is 1. The normalized spacial score (nSPS) is 11.4. The first-order valence-corrected chi connectivity index (χ1v) is 9.91. The lowest BCUT2D eigenvalue weighted by Crippen LogP contribution is -2.13. The lowest BCUT2D eigenvalue weighted by molar-refractivity contribution is -0.137. The van der Waals surface area contributed by atoms with Crippen LogP contribution in [0.15, 0.2) is 64.5 Å². The summed E-state index contributed by atoms with van der Waals surface area (Å²) in [5.74, 6) is -0.426. The van der Waals surface area contributed by atoms with E-state index in [9.17, 15) is 18.0 Å².